The topological polar surface area (TPSA) is 15.6 Å². The molecule has 5 heteroatoms. The van der Waals surface area contributed by atoms with Crippen LogP contribution in [0.5, 0.6) is 0 Å². The van der Waals surface area contributed by atoms with Crippen molar-refractivity contribution in [2.24, 2.45) is 4.99 Å². The fourth-order valence-corrected chi connectivity index (χ4v) is 2.26. The van der Waals surface area contributed by atoms with E-state index in [1.807, 2.05) is 24.3 Å². The van der Waals surface area contributed by atoms with E-state index in [0.29, 0.717) is 17.8 Å². The molecule has 0 aliphatic carbocycles. The summed E-state index contributed by atoms with van der Waals surface area (Å²) in [5.74, 6) is -2.76. The molecule has 2 nitrogen and oxygen atoms in total. The van der Waals surface area contributed by atoms with E-state index in [9.17, 15) is 13.2 Å². The van der Waals surface area contributed by atoms with Gasteiger partial charge in [0.2, 0.25) is 0 Å². The molecule has 0 aromatic heterocycles. The zero-order chi connectivity index (χ0) is 15.0. The van der Waals surface area contributed by atoms with Gasteiger partial charge < -0.3 is 4.90 Å². The van der Waals surface area contributed by atoms with Crippen molar-refractivity contribution in [2.75, 3.05) is 4.90 Å². The molecule has 0 radical (unpaired) electrons. The van der Waals surface area contributed by atoms with E-state index in [1.54, 1.807) is 4.90 Å². The Balaban J connectivity index is 2.00. The molecule has 0 unspecified atom stereocenters. The van der Waals surface area contributed by atoms with Gasteiger partial charge in [-0.2, -0.15) is 0 Å². The lowest BCUT2D eigenvalue weighted by Crippen LogP contribution is -2.25. The van der Waals surface area contributed by atoms with Gasteiger partial charge in [-0.05, 0) is 6.07 Å². The summed E-state index contributed by atoms with van der Waals surface area (Å²) < 4.78 is 40.4. The third-order valence-corrected chi connectivity index (χ3v) is 3.31. The van der Waals surface area contributed by atoms with Crippen molar-refractivity contribution in [3.05, 3.63) is 71.6 Å². The van der Waals surface area contributed by atoms with Crippen LogP contribution in [-0.2, 0) is 6.54 Å². The average molecular weight is 288 g/mol. The van der Waals surface area contributed by atoms with E-state index in [1.165, 1.54) is 6.34 Å². The summed E-state index contributed by atoms with van der Waals surface area (Å²) in [5.41, 5.74) is 1.93. The summed E-state index contributed by atoms with van der Waals surface area (Å²) in [6.07, 6.45) is 1.47. The van der Waals surface area contributed by atoms with Gasteiger partial charge in [-0.1, -0.05) is 24.8 Å². The molecule has 0 saturated heterocycles. The summed E-state index contributed by atoms with van der Waals surface area (Å²) >= 11 is 0. The Hall–Kier alpha value is -2.56. The molecule has 0 amide bonds. The second-order valence-corrected chi connectivity index (χ2v) is 4.68. The van der Waals surface area contributed by atoms with Crippen molar-refractivity contribution in [1.29, 1.82) is 0 Å². The van der Waals surface area contributed by atoms with Crippen molar-refractivity contribution >= 4 is 17.7 Å². The molecule has 2 aromatic rings. The van der Waals surface area contributed by atoms with Gasteiger partial charge in [0.05, 0.1) is 24.3 Å². The first-order valence-electron chi connectivity index (χ1n) is 6.29. The zero-order valence-corrected chi connectivity index (χ0v) is 11.0. The first-order chi connectivity index (χ1) is 10.1. The third kappa shape index (κ3) is 2.42. The molecule has 0 N–H and O–H groups in total. The third-order valence-electron chi connectivity index (χ3n) is 3.31. The van der Waals surface area contributed by atoms with Gasteiger partial charge >= 0.3 is 0 Å². The molecular weight excluding hydrogens is 277 g/mol. The average Bonchev–Trinajstić information content (AvgIpc) is 2.45. The molecule has 3 rings (SSSR count). The van der Waals surface area contributed by atoms with Crippen LogP contribution in [0.15, 0.2) is 48.0 Å². The van der Waals surface area contributed by atoms with Gasteiger partial charge in [0.15, 0.2) is 0 Å². The van der Waals surface area contributed by atoms with Gasteiger partial charge in [-0.25, -0.2) is 18.2 Å². The maximum atomic E-state index is 13.8. The summed E-state index contributed by atoms with van der Waals surface area (Å²) in [6, 6.07) is 8.63. The molecule has 0 bridgehead atoms. The molecule has 0 saturated carbocycles. The first-order valence-corrected chi connectivity index (χ1v) is 6.29. The minimum atomic E-state index is -0.935. The van der Waals surface area contributed by atoms with Crippen molar-refractivity contribution in [3.63, 3.8) is 0 Å². The van der Waals surface area contributed by atoms with E-state index < -0.39 is 17.5 Å². The maximum absolute atomic E-state index is 13.8. The Morgan fingerprint density at radius 2 is 1.71 bits per heavy atom. The zero-order valence-electron chi connectivity index (χ0n) is 11.0. The van der Waals surface area contributed by atoms with Crippen LogP contribution in [0.1, 0.15) is 11.1 Å². The molecule has 0 spiro atoms. The second-order valence-electron chi connectivity index (χ2n) is 4.68. The summed E-state index contributed by atoms with van der Waals surface area (Å²) in [7, 11) is 0. The SMILES string of the molecule is C=C1N=CN(Cc2c(F)cc(F)cc2F)c2ccccc21. The molecule has 1 heterocycles. The number of benzene rings is 2. The number of rotatable bonds is 2. The molecule has 0 fully saturated rings. The van der Waals surface area contributed by atoms with Gasteiger partial charge in [-0.3, -0.25) is 0 Å². The number of hydrogen-bond acceptors (Lipinski definition) is 2. The maximum Gasteiger partial charge on any atom is 0.134 e. The first kappa shape index (κ1) is 13.4. The Morgan fingerprint density at radius 1 is 1.05 bits per heavy atom. The Bertz CT molecular complexity index is 730. The number of nitrogens with zero attached hydrogens (tertiary/aromatic N) is 2. The lowest BCUT2D eigenvalue weighted by molar-refractivity contribution is 0.524. The minimum absolute atomic E-state index is 0.0776. The number of fused-ring (bicyclic) bond motifs is 1. The van der Waals surface area contributed by atoms with E-state index in [-0.39, 0.29) is 12.1 Å². The molecule has 0 atom stereocenters. The number of halogens is 3. The Labute approximate surface area is 119 Å². The van der Waals surface area contributed by atoms with Gasteiger partial charge in [-0.15, -0.1) is 0 Å². The largest absolute Gasteiger partial charge is 0.327 e. The summed E-state index contributed by atoms with van der Waals surface area (Å²) in [5, 5.41) is 0. The highest BCUT2D eigenvalue weighted by Gasteiger charge is 2.19. The molecule has 1 aliphatic rings. The molecule has 2 aromatic carbocycles. The van der Waals surface area contributed by atoms with Crippen LogP contribution < -0.4 is 4.90 Å². The highest BCUT2D eigenvalue weighted by Crippen LogP contribution is 2.31. The fourth-order valence-electron chi connectivity index (χ4n) is 2.26. The molecular formula is C16H11F3N2. The van der Waals surface area contributed by atoms with Crippen LogP contribution >= 0.6 is 0 Å². The summed E-state index contributed by atoms with van der Waals surface area (Å²) in [6.45, 7) is 3.74. The predicted molar refractivity (Wildman–Crippen MR) is 76.5 cm³/mol. The number of aliphatic imine (C=N–C) groups is 1. The van der Waals surface area contributed by atoms with E-state index >= 15 is 0 Å². The van der Waals surface area contributed by atoms with E-state index in [4.69, 9.17) is 0 Å². The number of para-hydroxylation sites is 1. The standard InChI is InChI=1S/C16H11F3N2/c1-10-12-4-2-3-5-16(12)21(9-20-10)8-13-14(18)6-11(17)7-15(13)19/h2-7,9H,1,8H2. The molecule has 1 aliphatic heterocycles. The smallest absolute Gasteiger partial charge is 0.134 e. The Kier molecular flexibility index (Phi) is 3.25. The van der Waals surface area contributed by atoms with Gasteiger partial charge in [0.25, 0.3) is 0 Å². The highest BCUT2D eigenvalue weighted by atomic mass is 19.1. The highest BCUT2D eigenvalue weighted by molar-refractivity contribution is 5.93. The monoisotopic (exact) mass is 288 g/mol. The van der Waals surface area contributed by atoms with Crippen LogP contribution in [0.4, 0.5) is 18.9 Å². The van der Waals surface area contributed by atoms with Crippen LogP contribution in [-0.4, -0.2) is 6.34 Å². The van der Waals surface area contributed by atoms with Crippen LogP contribution in [0.2, 0.25) is 0 Å². The summed E-state index contributed by atoms with van der Waals surface area (Å²) in [4.78, 5) is 5.71. The number of hydrogen-bond donors (Lipinski definition) is 0. The predicted octanol–water partition coefficient (Wildman–Crippen LogP) is 4.12. The van der Waals surface area contributed by atoms with Gasteiger partial charge in [0.1, 0.15) is 17.5 Å². The lowest BCUT2D eigenvalue weighted by atomic mass is 10.1. The van der Waals surface area contributed by atoms with Crippen molar-refractivity contribution in [1.82, 2.24) is 0 Å². The van der Waals surface area contributed by atoms with E-state index in [2.05, 4.69) is 11.6 Å². The fraction of sp³-hybridized carbons (Fsp3) is 0.0625. The van der Waals surface area contributed by atoms with Crippen molar-refractivity contribution in [2.45, 2.75) is 6.54 Å². The quantitative estimate of drug-likeness (QED) is 0.811. The minimum Gasteiger partial charge on any atom is -0.327 e. The molecule has 106 valence electrons. The second kappa shape index (κ2) is 5.09. The van der Waals surface area contributed by atoms with Crippen LogP contribution in [0, 0.1) is 17.5 Å². The van der Waals surface area contributed by atoms with E-state index in [0.717, 1.165) is 11.3 Å². The number of anilines is 1. The lowest BCUT2D eigenvalue weighted by Gasteiger charge is -2.26. The van der Waals surface area contributed by atoms with Crippen LogP contribution in [0.25, 0.3) is 5.70 Å². The van der Waals surface area contributed by atoms with Crippen molar-refractivity contribution < 1.29 is 13.2 Å². The molecule has 21 heavy (non-hydrogen) atoms. The Morgan fingerprint density at radius 3 is 2.43 bits per heavy atom. The van der Waals surface area contributed by atoms with Crippen LogP contribution in [0.3, 0.4) is 0 Å². The normalized spacial score (nSPS) is 13.5. The van der Waals surface area contributed by atoms with Crippen molar-refractivity contribution in [3.8, 4) is 0 Å². The van der Waals surface area contributed by atoms with Gasteiger partial charge in [0, 0.05) is 23.3 Å².